The molecule has 132 valence electrons. The first-order valence-electron chi connectivity index (χ1n) is 8.85. The Kier molecular flexibility index (Phi) is 3.92. The van der Waals surface area contributed by atoms with Gasteiger partial charge in [-0.25, -0.2) is 15.0 Å². The van der Waals surface area contributed by atoms with Crippen molar-refractivity contribution in [3.63, 3.8) is 0 Å². The number of aryl methyl sites for hydroxylation is 1. The van der Waals surface area contributed by atoms with E-state index in [-0.39, 0.29) is 5.60 Å². The molecule has 0 spiro atoms. The van der Waals surface area contributed by atoms with Gasteiger partial charge in [0.05, 0.1) is 22.4 Å². The van der Waals surface area contributed by atoms with E-state index < -0.39 is 0 Å². The number of pyridine rings is 1. The number of aromatic nitrogens is 3. The molecule has 6 heteroatoms. The van der Waals surface area contributed by atoms with Crippen LogP contribution in [0.25, 0.3) is 20.4 Å². The quantitative estimate of drug-likeness (QED) is 0.742. The molecule has 1 aliphatic heterocycles. The lowest BCUT2D eigenvalue weighted by Gasteiger charge is -2.32. The van der Waals surface area contributed by atoms with Crippen molar-refractivity contribution in [3.8, 4) is 0 Å². The molecule has 1 N–H and O–H groups in total. The van der Waals surface area contributed by atoms with Crippen LogP contribution in [0.4, 0.5) is 5.82 Å². The van der Waals surface area contributed by atoms with E-state index >= 15 is 0 Å². The predicted molar refractivity (Wildman–Crippen MR) is 103 cm³/mol. The molecule has 0 saturated carbocycles. The highest BCUT2D eigenvalue weighted by Crippen LogP contribution is 2.41. The number of fused-ring (bicyclic) bond motifs is 5. The summed E-state index contributed by atoms with van der Waals surface area (Å²) in [6.45, 7) is 11.3. The number of nitrogens with zero attached hydrogens (tertiary/aromatic N) is 3. The van der Waals surface area contributed by atoms with Crippen molar-refractivity contribution in [2.24, 2.45) is 0 Å². The fourth-order valence-corrected chi connectivity index (χ4v) is 4.56. The zero-order valence-electron chi connectivity index (χ0n) is 15.4. The summed E-state index contributed by atoms with van der Waals surface area (Å²) in [5.41, 5.74) is 4.49. The highest BCUT2D eigenvalue weighted by atomic mass is 32.1. The fraction of sp³-hybridized carbons (Fsp3) is 0.526. The summed E-state index contributed by atoms with van der Waals surface area (Å²) in [6, 6.07) is 0.374. The van der Waals surface area contributed by atoms with E-state index in [1.807, 2.05) is 0 Å². The molecule has 1 unspecified atom stereocenters. The van der Waals surface area contributed by atoms with Gasteiger partial charge in [-0.1, -0.05) is 6.92 Å². The summed E-state index contributed by atoms with van der Waals surface area (Å²) >= 11 is 1.69. The van der Waals surface area contributed by atoms with Crippen LogP contribution in [0.3, 0.4) is 0 Å². The van der Waals surface area contributed by atoms with Crippen LogP contribution in [0.15, 0.2) is 6.33 Å². The van der Waals surface area contributed by atoms with E-state index in [4.69, 9.17) is 9.72 Å². The van der Waals surface area contributed by atoms with Crippen LogP contribution in [-0.2, 0) is 17.8 Å². The van der Waals surface area contributed by atoms with Crippen molar-refractivity contribution in [1.82, 2.24) is 15.0 Å². The van der Waals surface area contributed by atoms with Crippen molar-refractivity contribution in [3.05, 3.63) is 23.1 Å². The first-order valence-corrected chi connectivity index (χ1v) is 9.67. The standard InChI is InChI=1S/C19H24N4OS/c1-6-10(2)22-17-16-15(20-9-21-17)14-12-7-19(4,5)24-8-13(12)11(3)23-18(14)25-16/h9-10H,6-8H2,1-5H3,(H,20,21,22). The van der Waals surface area contributed by atoms with Crippen molar-refractivity contribution in [2.75, 3.05) is 5.32 Å². The zero-order chi connectivity index (χ0) is 17.8. The van der Waals surface area contributed by atoms with Crippen molar-refractivity contribution < 1.29 is 4.74 Å². The van der Waals surface area contributed by atoms with Gasteiger partial charge in [0.15, 0.2) is 0 Å². The maximum Gasteiger partial charge on any atom is 0.147 e. The second kappa shape index (κ2) is 5.88. The van der Waals surface area contributed by atoms with Crippen LogP contribution in [0.1, 0.15) is 50.9 Å². The first-order chi connectivity index (χ1) is 11.9. The largest absolute Gasteiger partial charge is 0.370 e. The smallest absolute Gasteiger partial charge is 0.147 e. The highest BCUT2D eigenvalue weighted by molar-refractivity contribution is 7.26. The number of anilines is 1. The molecule has 0 saturated heterocycles. The third-order valence-electron chi connectivity index (χ3n) is 5.03. The lowest BCUT2D eigenvalue weighted by Crippen LogP contribution is -2.32. The van der Waals surface area contributed by atoms with E-state index in [2.05, 4.69) is 49.9 Å². The van der Waals surface area contributed by atoms with Gasteiger partial charge < -0.3 is 10.1 Å². The highest BCUT2D eigenvalue weighted by Gasteiger charge is 2.30. The third-order valence-corrected chi connectivity index (χ3v) is 6.11. The Morgan fingerprint density at radius 3 is 2.88 bits per heavy atom. The summed E-state index contributed by atoms with van der Waals surface area (Å²) in [5, 5.41) is 4.70. The number of nitrogens with one attached hydrogen (secondary N) is 1. The minimum Gasteiger partial charge on any atom is -0.370 e. The van der Waals surface area contributed by atoms with Crippen molar-refractivity contribution >= 4 is 37.6 Å². The van der Waals surface area contributed by atoms with Crippen LogP contribution >= 0.6 is 11.3 Å². The molecule has 5 nitrogen and oxygen atoms in total. The molecular weight excluding hydrogens is 332 g/mol. The van der Waals surface area contributed by atoms with Crippen LogP contribution < -0.4 is 5.32 Å². The molecular formula is C19H24N4OS. The van der Waals surface area contributed by atoms with E-state index in [0.29, 0.717) is 12.6 Å². The third kappa shape index (κ3) is 2.77. The average Bonchev–Trinajstić information content (AvgIpc) is 2.93. The van der Waals surface area contributed by atoms with Crippen LogP contribution in [0.5, 0.6) is 0 Å². The SMILES string of the molecule is CCC(C)Nc1ncnc2c1sc1nc(C)c3c(c12)CC(C)(C)OC3. The lowest BCUT2D eigenvalue weighted by atomic mass is 9.89. The summed E-state index contributed by atoms with van der Waals surface area (Å²) in [6.07, 6.45) is 3.59. The Labute approximate surface area is 151 Å². The fourth-order valence-electron chi connectivity index (χ4n) is 3.41. The van der Waals surface area contributed by atoms with Gasteiger partial charge in [0.2, 0.25) is 0 Å². The summed E-state index contributed by atoms with van der Waals surface area (Å²) in [5.74, 6) is 0.917. The number of hydrogen-bond acceptors (Lipinski definition) is 6. The summed E-state index contributed by atoms with van der Waals surface area (Å²) in [4.78, 5) is 15.0. The Balaban J connectivity index is 1.99. The number of thiophene rings is 1. The van der Waals surface area contributed by atoms with E-state index in [9.17, 15) is 0 Å². The molecule has 0 radical (unpaired) electrons. The molecule has 3 aromatic rings. The second-order valence-corrected chi connectivity index (χ2v) is 8.51. The van der Waals surface area contributed by atoms with Gasteiger partial charge in [-0.2, -0.15) is 0 Å². The molecule has 0 bridgehead atoms. The number of ether oxygens (including phenoxy) is 1. The molecule has 0 fully saturated rings. The zero-order valence-corrected chi connectivity index (χ0v) is 16.3. The summed E-state index contributed by atoms with van der Waals surface area (Å²) in [7, 11) is 0. The van der Waals surface area contributed by atoms with Crippen LogP contribution in [-0.4, -0.2) is 26.6 Å². The van der Waals surface area contributed by atoms with Gasteiger partial charge in [-0.05, 0) is 39.7 Å². The van der Waals surface area contributed by atoms with Gasteiger partial charge in [0.1, 0.15) is 17.0 Å². The topological polar surface area (TPSA) is 59.9 Å². The average molecular weight is 356 g/mol. The normalized spacial score (nSPS) is 17.6. The maximum atomic E-state index is 6.02. The van der Waals surface area contributed by atoms with E-state index in [1.165, 1.54) is 16.5 Å². The van der Waals surface area contributed by atoms with Crippen molar-refractivity contribution in [2.45, 2.75) is 65.7 Å². The monoisotopic (exact) mass is 356 g/mol. The van der Waals surface area contributed by atoms with Crippen LogP contribution in [0, 0.1) is 6.92 Å². The molecule has 3 aromatic heterocycles. The molecule has 0 amide bonds. The van der Waals surface area contributed by atoms with Gasteiger partial charge in [0.25, 0.3) is 0 Å². The Bertz CT molecular complexity index is 963. The van der Waals surface area contributed by atoms with Gasteiger partial charge >= 0.3 is 0 Å². The molecule has 1 atom stereocenters. The first kappa shape index (κ1) is 16.7. The van der Waals surface area contributed by atoms with Crippen molar-refractivity contribution in [1.29, 1.82) is 0 Å². The van der Waals surface area contributed by atoms with Gasteiger partial charge in [-0.3, -0.25) is 0 Å². The molecule has 25 heavy (non-hydrogen) atoms. The minimum atomic E-state index is -0.160. The van der Waals surface area contributed by atoms with Crippen LogP contribution in [0.2, 0.25) is 0 Å². The molecule has 0 aliphatic carbocycles. The van der Waals surface area contributed by atoms with Gasteiger partial charge in [0, 0.05) is 29.1 Å². The Hall–Kier alpha value is -1.79. The van der Waals surface area contributed by atoms with E-state index in [1.54, 1.807) is 17.7 Å². The lowest BCUT2D eigenvalue weighted by molar-refractivity contribution is -0.0400. The number of hydrogen-bond donors (Lipinski definition) is 1. The second-order valence-electron chi connectivity index (χ2n) is 7.52. The van der Waals surface area contributed by atoms with E-state index in [0.717, 1.165) is 39.4 Å². The Morgan fingerprint density at radius 2 is 2.12 bits per heavy atom. The Morgan fingerprint density at radius 1 is 1.32 bits per heavy atom. The molecule has 0 aromatic carbocycles. The van der Waals surface area contributed by atoms with Gasteiger partial charge in [-0.15, -0.1) is 11.3 Å². The molecule has 4 heterocycles. The minimum absolute atomic E-state index is 0.160. The maximum absolute atomic E-state index is 6.02. The number of rotatable bonds is 3. The summed E-state index contributed by atoms with van der Waals surface area (Å²) < 4.78 is 7.12. The predicted octanol–water partition coefficient (Wildman–Crippen LogP) is 4.61. The molecule has 1 aliphatic rings. The molecule has 4 rings (SSSR count).